The standard InChI is InChI=1S/C20H20N4O3S.HI/c21-20(23-14-15-6-4-11-19(12-15)28(22,25)26)24-16-7-5-10-18(13-16)27-17-8-2-1-3-9-17;/h1-13H,14H2,(H3,21,23,24)(H2,22,25,26);1H. The minimum absolute atomic E-state index is 0. The molecule has 0 atom stereocenters. The average molecular weight is 524 g/mol. The molecule has 5 N–H and O–H groups in total. The fourth-order valence-electron chi connectivity index (χ4n) is 2.45. The Balaban J connectivity index is 0.00000300. The second-order valence-electron chi connectivity index (χ2n) is 5.96. The van der Waals surface area contributed by atoms with Gasteiger partial charge in [0.1, 0.15) is 11.5 Å². The number of anilines is 1. The van der Waals surface area contributed by atoms with Crippen LogP contribution in [0.1, 0.15) is 5.56 Å². The Hall–Kier alpha value is -2.63. The number of para-hydroxylation sites is 1. The molecular weight excluding hydrogens is 503 g/mol. The molecule has 0 aromatic heterocycles. The fraction of sp³-hybridized carbons (Fsp3) is 0.0500. The van der Waals surface area contributed by atoms with E-state index >= 15 is 0 Å². The summed E-state index contributed by atoms with van der Waals surface area (Å²) in [7, 11) is -3.75. The number of nitrogens with two attached hydrogens (primary N) is 2. The lowest BCUT2D eigenvalue weighted by molar-refractivity contribution is 0.483. The maximum atomic E-state index is 11.4. The van der Waals surface area contributed by atoms with Crippen LogP contribution in [0.2, 0.25) is 0 Å². The zero-order valence-electron chi connectivity index (χ0n) is 15.4. The number of nitrogens with zero attached hydrogens (tertiary/aromatic N) is 1. The Labute approximate surface area is 186 Å². The van der Waals surface area contributed by atoms with Crippen molar-refractivity contribution in [2.75, 3.05) is 5.32 Å². The normalized spacial score (nSPS) is 11.4. The molecule has 0 saturated heterocycles. The van der Waals surface area contributed by atoms with Crippen molar-refractivity contribution in [2.45, 2.75) is 11.4 Å². The zero-order chi connectivity index (χ0) is 20.0. The molecule has 0 radical (unpaired) electrons. The van der Waals surface area contributed by atoms with Crippen LogP contribution in [0.3, 0.4) is 0 Å². The van der Waals surface area contributed by atoms with Gasteiger partial charge in [0, 0.05) is 11.8 Å². The molecule has 9 heteroatoms. The summed E-state index contributed by atoms with van der Waals surface area (Å²) in [6.07, 6.45) is 0. The third-order valence-corrected chi connectivity index (χ3v) is 4.66. The van der Waals surface area contributed by atoms with Crippen molar-refractivity contribution in [1.82, 2.24) is 0 Å². The lowest BCUT2D eigenvalue weighted by Gasteiger charge is -2.09. The van der Waals surface area contributed by atoms with Crippen LogP contribution in [-0.2, 0) is 16.6 Å². The molecule has 0 saturated carbocycles. The van der Waals surface area contributed by atoms with Gasteiger partial charge in [0.2, 0.25) is 10.0 Å². The molecule has 0 aliphatic heterocycles. The molecule has 0 heterocycles. The zero-order valence-corrected chi connectivity index (χ0v) is 18.5. The lowest BCUT2D eigenvalue weighted by atomic mass is 10.2. The van der Waals surface area contributed by atoms with E-state index < -0.39 is 10.0 Å². The molecule has 0 aliphatic carbocycles. The SMILES string of the molecule is I.NC(=NCc1cccc(S(N)(=O)=O)c1)Nc1cccc(Oc2ccccc2)c1. The number of aliphatic imine (C=N–C) groups is 1. The molecule has 0 spiro atoms. The second kappa shape index (κ2) is 10.2. The van der Waals surface area contributed by atoms with E-state index in [2.05, 4.69) is 10.3 Å². The largest absolute Gasteiger partial charge is 0.457 e. The van der Waals surface area contributed by atoms with Gasteiger partial charge in [-0.25, -0.2) is 18.5 Å². The molecule has 0 aliphatic rings. The van der Waals surface area contributed by atoms with Crippen LogP contribution in [0.25, 0.3) is 0 Å². The summed E-state index contributed by atoms with van der Waals surface area (Å²) in [5.41, 5.74) is 7.33. The fourth-order valence-corrected chi connectivity index (χ4v) is 3.03. The van der Waals surface area contributed by atoms with Crippen LogP contribution in [0.5, 0.6) is 11.5 Å². The number of guanidine groups is 1. The first kappa shape index (κ1) is 22.7. The highest BCUT2D eigenvalue weighted by Crippen LogP contribution is 2.23. The minimum Gasteiger partial charge on any atom is -0.457 e. The summed E-state index contributed by atoms with van der Waals surface area (Å²) >= 11 is 0. The number of hydrogen-bond acceptors (Lipinski definition) is 4. The Morgan fingerprint density at radius 2 is 1.62 bits per heavy atom. The average Bonchev–Trinajstić information content (AvgIpc) is 2.67. The van der Waals surface area contributed by atoms with Crippen molar-refractivity contribution in [1.29, 1.82) is 0 Å². The molecule has 0 amide bonds. The summed E-state index contributed by atoms with van der Waals surface area (Å²) in [4.78, 5) is 4.27. The van der Waals surface area contributed by atoms with Crippen LogP contribution >= 0.6 is 24.0 Å². The van der Waals surface area contributed by atoms with Crippen molar-refractivity contribution in [3.63, 3.8) is 0 Å². The predicted molar refractivity (Wildman–Crippen MR) is 125 cm³/mol. The third kappa shape index (κ3) is 7.04. The third-order valence-electron chi connectivity index (χ3n) is 3.74. The molecule has 3 rings (SSSR count). The smallest absolute Gasteiger partial charge is 0.238 e. The van der Waals surface area contributed by atoms with E-state index in [-0.39, 0.29) is 41.4 Å². The molecular formula is C20H21IN4O3S. The number of ether oxygens (including phenoxy) is 1. The number of nitrogens with one attached hydrogen (secondary N) is 1. The van der Waals surface area contributed by atoms with Gasteiger partial charge in [-0.2, -0.15) is 0 Å². The minimum atomic E-state index is -3.75. The first-order valence-electron chi connectivity index (χ1n) is 8.42. The number of halogens is 1. The van der Waals surface area contributed by atoms with E-state index in [0.717, 1.165) is 5.75 Å². The van der Waals surface area contributed by atoms with Crippen molar-refractivity contribution in [3.05, 3.63) is 84.4 Å². The van der Waals surface area contributed by atoms with Gasteiger partial charge in [-0.05, 0) is 42.0 Å². The highest BCUT2D eigenvalue weighted by Gasteiger charge is 2.07. The van der Waals surface area contributed by atoms with Crippen LogP contribution in [-0.4, -0.2) is 14.4 Å². The van der Waals surface area contributed by atoms with Gasteiger partial charge in [-0.3, -0.25) is 0 Å². The van der Waals surface area contributed by atoms with E-state index in [1.807, 2.05) is 48.5 Å². The molecule has 152 valence electrons. The molecule has 0 unspecified atom stereocenters. The summed E-state index contributed by atoms with van der Waals surface area (Å²) < 4.78 is 28.6. The lowest BCUT2D eigenvalue weighted by Crippen LogP contribution is -2.22. The van der Waals surface area contributed by atoms with Gasteiger partial charge >= 0.3 is 0 Å². The Kier molecular flexibility index (Phi) is 8.00. The van der Waals surface area contributed by atoms with Gasteiger partial charge in [-0.15, -0.1) is 24.0 Å². The molecule has 29 heavy (non-hydrogen) atoms. The van der Waals surface area contributed by atoms with Crippen molar-refractivity contribution < 1.29 is 13.2 Å². The number of primary sulfonamides is 1. The van der Waals surface area contributed by atoms with E-state index in [0.29, 0.717) is 17.0 Å². The van der Waals surface area contributed by atoms with Gasteiger partial charge in [-0.1, -0.05) is 36.4 Å². The molecule has 0 bridgehead atoms. The van der Waals surface area contributed by atoms with Crippen molar-refractivity contribution in [3.8, 4) is 11.5 Å². The van der Waals surface area contributed by atoms with E-state index in [1.54, 1.807) is 18.2 Å². The Morgan fingerprint density at radius 3 is 2.34 bits per heavy atom. The van der Waals surface area contributed by atoms with E-state index in [4.69, 9.17) is 15.6 Å². The summed E-state index contributed by atoms with van der Waals surface area (Å²) in [6.45, 7) is 0.211. The molecule has 3 aromatic carbocycles. The number of hydrogen-bond donors (Lipinski definition) is 3. The molecule has 3 aromatic rings. The molecule has 0 fully saturated rings. The summed E-state index contributed by atoms with van der Waals surface area (Å²) in [6, 6.07) is 23.0. The van der Waals surface area contributed by atoms with Crippen LogP contribution in [0.4, 0.5) is 5.69 Å². The van der Waals surface area contributed by atoms with Crippen LogP contribution < -0.4 is 20.9 Å². The Bertz CT molecular complexity index is 1090. The van der Waals surface area contributed by atoms with E-state index in [1.165, 1.54) is 12.1 Å². The van der Waals surface area contributed by atoms with Crippen LogP contribution in [0, 0.1) is 0 Å². The van der Waals surface area contributed by atoms with Gasteiger partial charge in [0.05, 0.1) is 11.4 Å². The summed E-state index contributed by atoms with van der Waals surface area (Å²) in [5.74, 6) is 1.58. The van der Waals surface area contributed by atoms with Gasteiger partial charge in [0.15, 0.2) is 5.96 Å². The highest BCUT2D eigenvalue weighted by molar-refractivity contribution is 14.0. The first-order chi connectivity index (χ1) is 13.4. The maximum Gasteiger partial charge on any atom is 0.238 e. The molecule has 7 nitrogen and oxygen atoms in total. The topological polar surface area (TPSA) is 120 Å². The van der Waals surface area contributed by atoms with Crippen LogP contribution in [0.15, 0.2) is 88.8 Å². The van der Waals surface area contributed by atoms with Crippen molar-refractivity contribution in [2.24, 2.45) is 15.9 Å². The second-order valence-corrected chi connectivity index (χ2v) is 7.52. The predicted octanol–water partition coefficient (Wildman–Crippen LogP) is 3.67. The van der Waals surface area contributed by atoms with Crippen molar-refractivity contribution >= 4 is 45.6 Å². The quantitative estimate of drug-likeness (QED) is 0.258. The summed E-state index contributed by atoms with van der Waals surface area (Å²) in [5, 5.41) is 8.13. The first-order valence-corrected chi connectivity index (χ1v) is 9.96. The highest BCUT2D eigenvalue weighted by atomic mass is 127. The number of sulfonamides is 1. The van der Waals surface area contributed by atoms with Gasteiger partial charge in [0.25, 0.3) is 0 Å². The Morgan fingerprint density at radius 1 is 0.931 bits per heavy atom. The number of benzene rings is 3. The maximum absolute atomic E-state index is 11.4. The monoisotopic (exact) mass is 524 g/mol. The van der Waals surface area contributed by atoms with Gasteiger partial charge < -0.3 is 15.8 Å². The van der Waals surface area contributed by atoms with E-state index in [9.17, 15) is 8.42 Å². The number of rotatable bonds is 6.